The van der Waals surface area contributed by atoms with Crippen molar-refractivity contribution < 1.29 is 5.11 Å². The second kappa shape index (κ2) is 6.17. The fourth-order valence-corrected chi connectivity index (χ4v) is 0.780. The number of aliphatic hydroxyl groups is 1. The summed E-state index contributed by atoms with van der Waals surface area (Å²) in [6.07, 6.45) is 7.79. The largest absolute Gasteiger partial charge is 0.393 e. The molecule has 0 aliphatic rings. The average molecular weight is 154 g/mol. The minimum absolute atomic E-state index is 0.177. The fourth-order valence-electron chi connectivity index (χ4n) is 0.780. The normalized spacial score (nSPS) is 15.8. The predicted octanol–water partition coefficient (Wildman–Crippen LogP) is 2.67. The van der Waals surface area contributed by atoms with Crippen molar-refractivity contribution in [2.75, 3.05) is 0 Å². The van der Waals surface area contributed by atoms with E-state index in [4.69, 9.17) is 5.11 Å². The van der Waals surface area contributed by atoms with Crippen LogP contribution < -0.4 is 0 Å². The smallest absolute Gasteiger partial charge is 0.0515 e. The maximum Gasteiger partial charge on any atom is 0.0515 e. The van der Waals surface area contributed by atoms with Gasteiger partial charge in [-0.3, -0.25) is 0 Å². The molecular formula is C10H18O. The van der Waals surface area contributed by atoms with Gasteiger partial charge in [-0.15, -0.1) is 0 Å². The maximum absolute atomic E-state index is 8.98. The maximum atomic E-state index is 8.98. The molecule has 0 aliphatic heterocycles. The van der Waals surface area contributed by atoms with E-state index in [1.165, 1.54) is 5.57 Å². The molecule has 1 unspecified atom stereocenters. The molecule has 0 saturated carbocycles. The van der Waals surface area contributed by atoms with Crippen LogP contribution in [0.3, 0.4) is 0 Å². The van der Waals surface area contributed by atoms with Crippen molar-refractivity contribution in [3.05, 3.63) is 23.8 Å². The van der Waals surface area contributed by atoms with Gasteiger partial charge in [0.2, 0.25) is 0 Å². The molecule has 0 saturated heterocycles. The van der Waals surface area contributed by atoms with Crippen molar-refractivity contribution in [3.8, 4) is 0 Å². The summed E-state index contributed by atoms with van der Waals surface area (Å²) in [6, 6.07) is 0. The van der Waals surface area contributed by atoms with Crippen LogP contribution in [0.25, 0.3) is 0 Å². The average Bonchev–Trinajstić information content (AvgIpc) is 1.97. The van der Waals surface area contributed by atoms with Gasteiger partial charge in [-0.25, -0.2) is 0 Å². The summed E-state index contributed by atoms with van der Waals surface area (Å²) in [6.45, 7) is 5.91. The minimum Gasteiger partial charge on any atom is -0.393 e. The third-order valence-corrected chi connectivity index (χ3v) is 1.53. The van der Waals surface area contributed by atoms with Crippen LogP contribution in [0.5, 0.6) is 0 Å². The highest BCUT2D eigenvalue weighted by Crippen LogP contribution is 2.06. The molecule has 1 atom stereocenters. The summed E-state index contributed by atoms with van der Waals surface area (Å²) >= 11 is 0. The Kier molecular flexibility index (Phi) is 5.86. The van der Waals surface area contributed by atoms with E-state index in [0.29, 0.717) is 0 Å². The Morgan fingerprint density at radius 1 is 1.55 bits per heavy atom. The van der Waals surface area contributed by atoms with Crippen LogP contribution >= 0.6 is 0 Å². The zero-order valence-corrected chi connectivity index (χ0v) is 7.67. The SMILES string of the molecule is C/C=C\C=C(/C)CCC(C)O. The zero-order chi connectivity index (χ0) is 8.69. The molecule has 0 rings (SSSR count). The van der Waals surface area contributed by atoms with Gasteiger partial charge in [-0.2, -0.15) is 0 Å². The molecule has 0 aliphatic carbocycles. The van der Waals surface area contributed by atoms with Gasteiger partial charge in [0, 0.05) is 0 Å². The summed E-state index contributed by atoms with van der Waals surface area (Å²) < 4.78 is 0. The van der Waals surface area contributed by atoms with E-state index in [1.54, 1.807) is 0 Å². The van der Waals surface area contributed by atoms with Crippen LogP contribution in [0.4, 0.5) is 0 Å². The highest BCUT2D eigenvalue weighted by Gasteiger charge is 1.94. The number of aliphatic hydroxyl groups excluding tert-OH is 1. The summed E-state index contributed by atoms with van der Waals surface area (Å²) in [5.74, 6) is 0. The standard InChI is InChI=1S/C10H18O/c1-4-5-6-9(2)7-8-10(3)11/h4-6,10-11H,7-8H2,1-3H3/b5-4-,9-6+. The highest BCUT2D eigenvalue weighted by atomic mass is 16.3. The molecular weight excluding hydrogens is 136 g/mol. The number of hydrogen-bond acceptors (Lipinski definition) is 1. The molecule has 1 nitrogen and oxygen atoms in total. The monoisotopic (exact) mass is 154 g/mol. The Balaban J connectivity index is 3.59. The lowest BCUT2D eigenvalue weighted by molar-refractivity contribution is 0.185. The van der Waals surface area contributed by atoms with E-state index in [2.05, 4.69) is 13.0 Å². The topological polar surface area (TPSA) is 20.2 Å². The van der Waals surface area contributed by atoms with Crippen LogP contribution in [-0.4, -0.2) is 11.2 Å². The van der Waals surface area contributed by atoms with Gasteiger partial charge >= 0.3 is 0 Å². The third-order valence-electron chi connectivity index (χ3n) is 1.53. The minimum atomic E-state index is -0.177. The van der Waals surface area contributed by atoms with Crippen LogP contribution in [0, 0.1) is 0 Å². The first-order chi connectivity index (χ1) is 5.16. The number of allylic oxidation sites excluding steroid dienone is 4. The number of hydrogen-bond donors (Lipinski definition) is 1. The fraction of sp³-hybridized carbons (Fsp3) is 0.600. The molecule has 0 aromatic carbocycles. The quantitative estimate of drug-likeness (QED) is 0.617. The zero-order valence-electron chi connectivity index (χ0n) is 7.67. The van der Waals surface area contributed by atoms with Crippen LogP contribution in [0.1, 0.15) is 33.6 Å². The van der Waals surface area contributed by atoms with Crippen LogP contribution in [0.15, 0.2) is 23.8 Å². The first kappa shape index (κ1) is 10.4. The Bertz CT molecular complexity index is 143. The Hall–Kier alpha value is -0.560. The molecule has 0 radical (unpaired) electrons. The van der Waals surface area contributed by atoms with Gasteiger partial charge in [0.15, 0.2) is 0 Å². The lowest BCUT2D eigenvalue weighted by atomic mass is 10.1. The van der Waals surface area contributed by atoms with Crippen molar-refractivity contribution in [1.82, 2.24) is 0 Å². The lowest BCUT2D eigenvalue weighted by Crippen LogP contribution is -1.98. The molecule has 0 heterocycles. The van der Waals surface area contributed by atoms with Crippen LogP contribution in [-0.2, 0) is 0 Å². The van der Waals surface area contributed by atoms with Crippen molar-refractivity contribution >= 4 is 0 Å². The second-order valence-corrected chi connectivity index (χ2v) is 2.93. The molecule has 0 aromatic heterocycles. The molecule has 11 heavy (non-hydrogen) atoms. The van der Waals surface area contributed by atoms with Crippen molar-refractivity contribution in [2.24, 2.45) is 0 Å². The van der Waals surface area contributed by atoms with E-state index in [9.17, 15) is 0 Å². The molecule has 1 heteroatoms. The first-order valence-corrected chi connectivity index (χ1v) is 4.13. The van der Waals surface area contributed by atoms with Gasteiger partial charge in [0.1, 0.15) is 0 Å². The van der Waals surface area contributed by atoms with Gasteiger partial charge in [-0.05, 0) is 33.6 Å². The summed E-state index contributed by atoms with van der Waals surface area (Å²) in [5.41, 5.74) is 1.32. The summed E-state index contributed by atoms with van der Waals surface area (Å²) in [7, 11) is 0. The van der Waals surface area contributed by atoms with Crippen molar-refractivity contribution in [1.29, 1.82) is 0 Å². The Morgan fingerprint density at radius 3 is 2.64 bits per heavy atom. The van der Waals surface area contributed by atoms with E-state index < -0.39 is 0 Å². The first-order valence-electron chi connectivity index (χ1n) is 4.13. The third kappa shape index (κ3) is 7.34. The summed E-state index contributed by atoms with van der Waals surface area (Å²) in [5, 5.41) is 8.98. The van der Waals surface area contributed by atoms with Crippen LogP contribution in [0.2, 0.25) is 0 Å². The second-order valence-electron chi connectivity index (χ2n) is 2.93. The van der Waals surface area contributed by atoms with Gasteiger partial charge in [-0.1, -0.05) is 23.8 Å². The van der Waals surface area contributed by atoms with E-state index in [-0.39, 0.29) is 6.10 Å². The molecule has 0 amide bonds. The predicted molar refractivity (Wildman–Crippen MR) is 49.5 cm³/mol. The Morgan fingerprint density at radius 2 is 2.18 bits per heavy atom. The van der Waals surface area contributed by atoms with Crippen molar-refractivity contribution in [2.45, 2.75) is 39.7 Å². The molecule has 1 N–H and O–H groups in total. The van der Waals surface area contributed by atoms with Gasteiger partial charge < -0.3 is 5.11 Å². The van der Waals surface area contributed by atoms with Gasteiger partial charge in [0.05, 0.1) is 6.10 Å². The molecule has 0 aromatic rings. The van der Waals surface area contributed by atoms with Gasteiger partial charge in [0.25, 0.3) is 0 Å². The summed E-state index contributed by atoms with van der Waals surface area (Å²) in [4.78, 5) is 0. The molecule has 0 fully saturated rings. The number of rotatable bonds is 4. The van der Waals surface area contributed by atoms with E-state index in [1.807, 2.05) is 26.0 Å². The molecule has 64 valence electrons. The van der Waals surface area contributed by atoms with Crippen molar-refractivity contribution in [3.63, 3.8) is 0 Å². The lowest BCUT2D eigenvalue weighted by Gasteiger charge is -2.02. The van der Waals surface area contributed by atoms with E-state index in [0.717, 1.165) is 12.8 Å². The molecule has 0 spiro atoms. The Labute approximate surface area is 69.4 Å². The molecule has 0 bridgehead atoms. The highest BCUT2D eigenvalue weighted by molar-refractivity contribution is 5.09. The van der Waals surface area contributed by atoms with E-state index >= 15 is 0 Å².